The highest BCUT2D eigenvalue weighted by atomic mass is 32.2. The van der Waals surface area contributed by atoms with Gasteiger partial charge in [-0.1, -0.05) is 43.8 Å². The van der Waals surface area contributed by atoms with Crippen LogP contribution in [0.15, 0.2) is 52.4 Å². The lowest BCUT2D eigenvalue weighted by atomic mass is 9.90. The zero-order chi connectivity index (χ0) is 23.6. The summed E-state index contributed by atoms with van der Waals surface area (Å²) in [4.78, 5) is 31.1. The Morgan fingerprint density at radius 1 is 1.16 bits per heavy atom. The van der Waals surface area contributed by atoms with E-state index >= 15 is 0 Å². The van der Waals surface area contributed by atoms with Crippen molar-refractivity contribution in [3.8, 4) is 11.8 Å². The molecule has 3 aromatic rings. The molecule has 7 heteroatoms. The maximum absolute atomic E-state index is 13.5. The van der Waals surface area contributed by atoms with Gasteiger partial charge in [-0.05, 0) is 69.0 Å². The van der Waals surface area contributed by atoms with Crippen LogP contribution in [0.25, 0.3) is 16.6 Å². The van der Waals surface area contributed by atoms with Crippen LogP contribution < -0.4 is 10.9 Å². The molecule has 0 spiro atoms. The highest BCUT2D eigenvalue weighted by Gasteiger charge is 2.32. The van der Waals surface area contributed by atoms with E-state index in [2.05, 4.69) is 11.4 Å². The van der Waals surface area contributed by atoms with E-state index in [0.717, 1.165) is 11.1 Å². The Kier molecular flexibility index (Phi) is 6.75. The van der Waals surface area contributed by atoms with Crippen LogP contribution in [0.3, 0.4) is 0 Å². The summed E-state index contributed by atoms with van der Waals surface area (Å²) in [6, 6.07) is 15.3. The summed E-state index contributed by atoms with van der Waals surface area (Å²) < 4.78 is 1.57. The second-order valence-corrected chi connectivity index (χ2v) is 9.92. The van der Waals surface area contributed by atoms with Gasteiger partial charge in [-0.25, -0.2) is 4.98 Å². The predicted octanol–water partition coefficient (Wildman–Crippen LogP) is 4.54. The zero-order valence-corrected chi connectivity index (χ0v) is 20.1. The minimum atomic E-state index is -0.976. The van der Waals surface area contributed by atoms with Crippen molar-refractivity contribution in [1.82, 2.24) is 14.9 Å². The van der Waals surface area contributed by atoms with E-state index in [1.165, 1.54) is 11.8 Å². The molecule has 3 rings (SSSR count). The molecule has 0 fully saturated rings. The SMILES string of the molecule is Cc1cc(C)cc(-n2c(SC(C)C(=O)NC(C)(C#N)C(C)C)nc3ccccc3c2=O)c1. The third-order valence-corrected chi connectivity index (χ3v) is 6.68. The van der Waals surface area contributed by atoms with Gasteiger partial charge in [0, 0.05) is 0 Å². The number of nitriles is 1. The van der Waals surface area contributed by atoms with E-state index in [-0.39, 0.29) is 17.4 Å². The largest absolute Gasteiger partial charge is 0.337 e. The first-order chi connectivity index (χ1) is 15.1. The van der Waals surface area contributed by atoms with Crippen molar-refractivity contribution in [3.63, 3.8) is 0 Å². The average molecular weight is 449 g/mol. The monoisotopic (exact) mass is 448 g/mol. The first kappa shape index (κ1) is 23.6. The van der Waals surface area contributed by atoms with Gasteiger partial charge in [0.05, 0.1) is 27.9 Å². The number of fused-ring (bicyclic) bond motifs is 1. The number of rotatable bonds is 6. The van der Waals surface area contributed by atoms with Crippen LogP contribution in [-0.2, 0) is 4.79 Å². The quantitative estimate of drug-likeness (QED) is 0.442. The van der Waals surface area contributed by atoms with Crippen molar-refractivity contribution in [2.24, 2.45) is 5.92 Å². The van der Waals surface area contributed by atoms with Crippen molar-refractivity contribution in [1.29, 1.82) is 5.26 Å². The Balaban J connectivity index is 2.08. The number of hydrogen-bond acceptors (Lipinski definition) is 5. The molecule has 2 unspecified atom stereocenters. The number of para-hydroxylation sites is 1. The molecule has 1 aromatic heterocycles. The van der Waals surface area contributed by atoms with Crippen molar-refractivity contribution in [2.45, 2.75) is 57.5 Å². The highest BCUT2D eigenvalue weighted by molar-refractivity contribution is 8.00. The van der Waals surface area contributed by atoms with E-state index in [9.17, 15) is 14.9 Å². The molecule has 1 heterocycles. The fourth-order valence-electron chi connectivity index (χ4n) is 3.37. The third kappa shape index (κ3) is 4.71. The summed E-state index contributed by atoms with van der Waals surface area (Å²) in [6.45, 7) is 11.2. The first-order valence-electron chi connectivity index (χ1n) is 10.6. The second kappa shape index (κ2) is 9.17. The van der Waals surface area contributed by atoms with Gasteiger partial charge in [-0.3, -0.25) is 14.2 Å². The molecule has 1 N–H and O–H groups in total. The summed E-state index contributed by atoms with van der Waals surface area (Å²) in [5.74, 6) is -0.331. The topological polar surface area (TPSA) is 87.8 Å². The van der Waals surface area contributed by atoms with Crippen LogP contribution in [0.1, 0.15) is 38.8 Å². The van der Waals surface area contributed by atoms with Crippen LogP contribution in [0.2, 0.25) is 0 Å². The molecule has 0 aliphatic rings. The molecule has 2 atom stereocenters. The zero-order valence-electron chi connectivity index (χ0n) is 19.3. The van der Waals surface area contributed by atoms with Crippen LogP contribution >= 0.6 is 11.8 Å². The van der Waals surface area contributed by atoms with Crippen LogP contribution in [0.4, 0.5) is 0 Å². The summed E-state index contributed by atoms with van der Waals surface area (Å²) in [7, 11) is 0. The number of thioether (sulfide) groups is 1. The lowest BCUT2D eigenvalue weighted by Crippen LogP contribution is -2.51. The maximum atomic E-state index is 13.5. The van der Waals surface area contributed by atoms with Crippen molar-refractivity contribution in [3.05, 3.63) is 63.9 Å². The minimum absolute atomic E-state index is 0.0547. The normalized spacial score (nSPS) is 14.1. The minimum Gasteiger partial charge on any atom is -0.337 e. The molecular weight excluding hydrogens is 420 g/mol. The fourth-order valence-corrected chi connectivity index (χ4v) is 4.30. The van der Waals surface area contributed by atoms with Crippen molar-refractivity contribution in [2.75, 3.05) is 0 Å². The van der Waals surface area contributed by atoms with Gasteiger partial charge in [0.25, 0.3) is 5.56 Å². The van der Waals surface area contributed by atoms with Crippen LogP contribution in [0.5, 0.6) is 0 Å². The number of hydrogen-bond donors (Lipinski definition) is 1. The Morgan fingerprint density at radius 2 is 1.78 bits per heavy atom. The number of amides is 1. The lowest BCUT2D eigenvalue weighted by molar-refractivity contribution is -0.121. The maximum Gasteiger partial charge on any atom is 0.266 e. The number of aryl methyl sites for hydroxylation is 2. The van der Waals surface area contributed by atoms with Crippen LogP contribution in [-0.4, -0.2) is 26.2 Å². The number of carbonyl (C=O) groups excluding carboxylic acids is 1. The second-order valence-electron chi connectivity index (χ2n) is 8.62. The third-order valence-electron chi connectivity index (χ3n) is 5.63. The molecule has 2 aromatic carbocycles. The Morgan fingerprint density at radius 3 is 2.38 bits per heavy atom. The van der Waals surface area contributed by atoms with Crippen molar-refractivity contribution >= 4 is 28.6 Å². The molecule has 0 saturated carbocycles. The Hall–Kier alpha value is -3.11. The summed E-state index contributed by atoms with van der Waals surface area (Å²) in [5.41, 5.74) is 2.20. The molecule has 1 amide bonds. The predicted molar refractivity (Wildman–Crippen MR) is 129 cm³/mol. The standard InChI is InChI=1S/C25H28N4O2S/c1-15(2)25(6,14-26)28-22(30)18(5)32-24-27-21-10-8-7-9-20(21)23(31)29(24)19-12-16(3)11-17(4)13-19/h7-13,15,18H,1-6H3,(H,28,30). The lowest BCUT2D eigenvalue weighted by Gasteiger charge is -2.28. The number of nitrogens with one attached hydrogen (secondary N) is 1. The van der Waals surface area contributed by atoms with Crippen molar-refractivity contribution < 1.29 is 4.79 Å². The van der Waals surface area contributed by atoms with Crippen LogP contribution in [0, 0.1) is 31.1 Å². The molecular formula is C25H28N4O2S. The molecule has 32 heavy (non-hydrogen) atoms. The van der Waals surface area contributed by atoms with Gasteiger partial charge in [-0.15, -0.1) is 0 Å². The smallest absolute Gasteiger partial charge is 0.266 e. The Labute approximate surface area is 192 Å². The summed E-state index contributed by atoms with van der Waals surface area (Å²) in [6.07, 6.45) is 0. The van der Waals surface area contributed by atoms with Gasteiger partial charge in [0.1, 0.15) is 5.54 Å². The molecule has 0 aliphatic heterocycles. The molecule has 0 aliphatic carbocycles. The highest BCUT2D eigenvalue weighted by Crippen LogP contribution is 2.27. The molecule has 0 radical (unpaired) electrons. The summed E-state index contributed by atoms with van der Waals surface area (Å²) >= 11 is 1.21. The first-order valence-corrected chi connectivity index (χ1v) is 11.4. The number of nitrogens with zero attached hydrogens (tertiary/aromatic N) is 3. The summed E-state index contributed by atoms with van der Waals surface area (Å²) in [5, 5.41) is 12.8. The average Bonchev–Trinajstić information content (AvgIpc) is 2.72. The Bertz CT molecular complexity index is 1250. The molecule has 0 saturated heterocycles. The van der Waals surface area contributed by atoms with E-state index in [4.69, 9.17) is 4.98 Å². The molecule has 6 nitrogen and oxygen atoms in total. The number of benzene rings is 2. The molecule has 0 bridgehead atoms. The fraction of sp³-hybridized carbons (Fsp3) is 0.360. The van der Waals surface area contributed by atoms with Gasteiger partial charge in [0.15, 0.2) is 5.16 Å². The van der Waals surface area contributed by atoms with E-state index in [1.54, 1.807) is 30.5 Å². The van der Waals surface area contributed by atoms with Gasteiger partial charge in [0.2, 0.25) is 5.91 Å². The van der Waals surface area contributed by atoms with Gasteiger partial charge < -0.3 is 5.32 Å². The van der Waals surface area contributed by atoms with E-state index in [1.807, 2.05) is 58.0 Å². The number of aromatic nitrogens is 2. The van der Waals surface area contributed by atoms with Gasteiger partial charge >= 0.3 is 0 Å². The molecule has 166 valence electrons. The van der Waals surface area contributed by atoms with E-state index < -0.39 is 10.8 Å². The number of carbonyl (C=O) groups is 1. The van der Waals surface area contributed by atoms with Gasteiger partial charge in [-0.2, -0.15) is 5.26 Å². The van der Waals surface area contributed by atoms with E-state index in [0.29, 0.717) is 21.7 Å².